The van der Waals surface area contributed by atoms with Crippen molar-refractivity contribution in [2.45, 2.75) is 40.0 Å². The number of hydrogen-bond acceptors (Lipinski definition) is 0. The molecule has 0 aromatic rings. The molecule has 0 aliphatic heterocycles. The monoisotopic (exact) mass is 138 g/mol. The molecule has 0 aromatic heterocycles. The van der Waals surface area contributed by atoms with Gasteiger partial charge in [0.1, 0.15) is 0 Å². The zero-order chi connectivity index (χ0) is 8.04. The Balaban J connectivity index is 3.92. The highest BCUT2D eigenvalue weighted by atomic mass is 14.2. The van der Waals surface area contributed by atoms with Crippen molar-refractivity contribution in [3.8, 4) is 0 Å². The van der Waals surface area contributed by atoms with Crippen LogP contribution in [0.3, 0.4) is 0 Å². The first kappa shape index (κ1) is 9.52. The number of rotatable bonds is 4. The van der Waals surface area contributed by atoms with Crippen molar-refractivity contribution < 1.29 is 0 Å². The lowest BCUT2D eigenvalue weighted by Gasteiger charge is -2.24. The van der Waals surface area contributed by atoms with Gasteiger partial charge in [0.2, 0.25) is 0 Å². The van der Waals surface area contributed by atoms with Crippen LogP contribution in [0, 0.1) is 5.41 Å². The van der Waals surface area contributed by atoms with E-state index in [-0.39, 0.29) is 0 Å². The first-order chi connectivity index (χ1) is 4.68. The average molecular weight is 138 g/mol. The van der Waals surface area contributed by atoms with Gasteiger partial charge in [0, 0.05) is 0 Å². The minimum atomic E-state index is 0.477. The molecule has 0 saturated heterocycles. The van der Waals surface area contributed by atoms with Crippen LogP contribution < -0.4 is 0 Å². The molecular formula is C10H18. The van der Waals surface area contributed by atoms with Crippen molar-refractivity contribution >= 4 is 0 Å². The molecule has 0 aromatic carbocycles. The quantitative estimate of drug-likeness (QED) is 0.521. The van der Waals surface area contributed by atoms with Crippen LogP contribution in [0.1, 0.15) is 40.0 Å². The lowest BCUT2D eigenvalue weighted by molar-refractivity contribution is 0.302. The molecule has 0 saturated carbocycles. The second kappa shape index (κ2) is 4.35. The van der Waals surface area contributed by atoms with Gasteiger partial charge in [-0.05, 0) is 17.9 Å². The van der Waals surface area contributed by atoms with Gasteiger partial charge in [-0.2, -0.15) is 0 Å². The largest absolute Gasteiger partial charge is 0.133 e. The number of allylic oxidation sites excluding steroid dienone is 1. The fourth-order valence-electron chi connectivity index (χ4n) is 0.857. The molecule has 0 atom stereocenters. The van der Waals surface area contributed by atoms with Crippen molar-refractivity contribution in [2.24, 2.45) is 5.41 Å². The van der Waals surface area contributed by atoms with E-state index >= 15 is 0 Å². The summed E-state index contributed by atoms with van der Waals surface area (Å²) in [6, 6.07) is 0. The maximum Gasteiger partial charge on any atom is -0.0221 e. The molecule has 0 fully saturated rings. The van der Waals surface area contributed by atoms with Gasteiger partial charge in [-0.25, -0.2) is 0 Å². The van der Waals surface area contributed by atoms with E-state index in [9.17, 15) is 0 Å². The first-order valence-corrected chi connectivity index (χ1v) is 4.03. The molecule has 10 heavy (non-hydrogen) atoms. The van der Waals surface area contributed by atoms with E-state index in [1.54, 1.807) is 0 Å². The fraction of sp³-hybridized carbons (Fsp3) is 0.700. The van der Waals surface area contributed by atoms with E-state index < -0.39 is 0 Å². The highest BCUT2D eigenvalue weighted by molar-refractivity contribution is 4.84. The Morgan fingerprint density at radius 2 is 1.90 bits per heavy atom. The van der Waals surface area contributed by atoms with Crippen LogP contribution in [0.15, 0.2) is 18.4 Å². The van der Waals surface area contributed by atoms with Gasteiger partial charge >= 0.3 is 0 Å². The van der Waals surface area contributed by atoms with E-state index in [1.807, 2.05) is 6.08 Å². The Morgan fingerprint density at radius 3 is 2.20 bits per heavy atom. The van der Waals surface area contributed by atoms with Gasteiger partial charge in [0.25, 0.3) is 0 Å². The summed E-state index contributed by atoms with van der Waals surface area (Å²) in [5.41, 5.74) is 3.29. The molecule has 0 N–H and O–H groups in total. The van der Waals surface area contributed by atoms with Crippen LogP contribution in [-0.2, 0) is 0 Å². The van der Waals surface area contributed by atoms with Crippen LogP contribution in [0.2, 0.25) is 0 Å². The normalized spacial score (nSPS) is 10.7. The third kappa shape index (κ3) is 2.89. The van der Waals surface area contributed by atoms with E-state index in [4.69, 9.17) is 0 Å². The fourth-order valence-corrected chi connectivity index (χ4v) is 0.857. The van der Waals surface area contributed by atoms with Crippen LogP contribution in [0.25, 0.3) is 0 Å². The Labute approximate surface area is 64.6 Å². The molecule has 0 heterocycles. The van der Waals surface area contributed by atoms with Crippen LogP contribution in [0.4, 0.5) is 0 Å². The topological polar surface area (TPSA) is 0 Å². The highest BCUT2D eigenvalue weighted by Gasteiger charge is 2.16. The van der Waals surface area contributed by atoms with Crippen molar-refractivity contribution in [1.82, 2.24) is 0 Å². The summed E-state index contributed by atoms with van der Waals surface area (Å²) in [6.45, 7) is 10.3. The van der Waals surface area contributed by atoms with Crippen molar-refractivity contribution in [3.63, 3.8) is 0 Å². The maximum atomic E-state index is 3.55. The minimum Gasteiger partial charge on any atom is -0.133 e. The van der Waals surface area contributed by atoms with Crippen LogP contribution >= 0.6 is 0 Å². The third-order valence-electron chi connectivity index (χ3n) is 2.45. The summed E-state index contributed by atoms with van der Waals surface area (Å²) in [5.74, 6) is 0. The molecule has 0 spiro atoms. The lowest BCUT2D eigenvalue weighted by Crippen LogP contribution is -2.11. The van der Waals surface area contributed by atoms with Crippen LogP contribution in [-0.4, -0.2) is 0 Å². The van der Waals surface area contributed by atoms with Gasteiger partial charge in [-0.3, -0.25) is 0 Å². The molecule has 0 aliphatic carbocycles. The van der Waals surface area contributed by atoms with Gasteiger partial charge in [-0.15, -0.1) is 5.73 Å². The smallest absolute Gasteiger partial charge is 0.0221 e. The minimum absolute atomic E-state index is 0.477. The summed E-state index contributed by atoms with van der Waals surface area (Å²) in [6.07, 6.45) is 5.62. The first-order valence-electron chi connectivity index (χ1n) is 4.03. The maximum absolute atomic E-state index is 3.55. The Hall–Kier alpha value is -0.480. The average Bonchev–Trinajstić information content (AvgIpc) is 2.00. The Morgan fingerprint density at radius 1 is 1.40 bits per heavy atom. The molecule has 0 aliphatic rings. The molecular weight excluding hydrogens is 120 g/mol. The highest BCUT2D eigenvalue weighted by Crippen LogP contribution is 2.29. The molecule has 0 heteroatoms. The second-order valence-electron chi connectivity index (χ2n) is 3.13. The van der Waals surface area contributed by atoms with Gasteiger partial charge in [0.05, 0.1) is 0 Å². The third-order valence-corrected chi connectivity index (χ3v) is 2.45. The summed E-state index contributed by atoms with van der Waals surface area (Å²) in [4.78, 5) is 0. The SMILES string of the molecule is C=C=CCC(C)(CC)CC. The summed E-state index contributed by atoms with van der Waals surface area (Å²) < 4.78 is 0. The van der Waals surface area contributed by atoms with E-state index in [2.05, 4.69) is 33.1 Å². The molecule has 58 valence electrons. The molecule has 0 radical (unpaired) electrons. The second-order valence-corrected chi connectivity index (χ2v) is 3.13. The zero-order valence-electron chi connectivity index (χ0n) is 7.41. The molecule has 0 rings (SSSR count). The summed E-state index contributed by atoms with van der Waals surface area (Å²) in [7, 11) is 0. The van der Waals surface area contributed by atoms with Crippen molar-refractivity contribution in [3.05, 3.63) is 18.4 Å². The van der Waals surface area contributed by atoms with Gasteiger partial charge in [-0.1, -0.05) is 40.2 Å². The zero-order valence-corrected chi connectivity index (χ0v) is 7.41. The predicted octanol–water partition coefficient (Wildman–Crippen LogP) is 3.54. The summed E-state index contributed by atoms with van der Waals surface area (Å²) in [5, 5.41) is 0. The Bertz CT molecular complexity index is 123. The van der Waals surface area contributed by atoms with E-state index in [1.165, 1.54) is 12.8 Å². The van der Waals surface area contributed by atoms with Gasteiger partial charge in [0.15, 0.2) is 0 Å². The van der Waals surface area contributed by atoms with Gasteiger partial charge < -0.3 is 0 Å². The van der Waals surface area contributed by atoms with Crippen LogP contribution in [0.5, 0.6) is 0 Å². The molecule has 0 unspecified atom stereocenters. The molecule has 0 bridgehead atoms. The molecule has 0 nitrogen and oxygen atoms in total. The van der Waals surface area contributed by atoms with Crippen molar-refractivity contribution in [2.75, 3.05) is 0 Å². The standard InChI is InChI=1S/C10H18/c1-5-8-9-10(4,6-2)7-3/h8H,1,6-7,9H2,2-4H3. The van der Waals surface area contributed by atoms with E-state index in [0.29, 0.717) is 5.41 Å². The predicted molar refractivity (Wildman–Crippen MR) is 47.0 cm³/mol. The number of hydrogen-bond donors (Lipinski definition) is 0. The lowest BCUT2D eigenvalue weighted by atomic mass is 9.81. The van der Waals surface area contributed by atoms with Crippen molar-refractivity contribution in [1.29, 1.82) is 0 Å². The summed E-state index contributed by atoms with van der Waals surface area (Å²) >= 11 is 0. The van der Waals surface area contributed by atoms with E-state index in [0.717, 1.165) is 6.42 Å². The molecule has 0 amide bonds. The Kier molecular flexibility index (Phi) is 4.14.